The predicted molar refractivity (Wildman–Crippen MR) is 84.1 cm³/mol. The van der Waals surface area contributed by atoms with Crippen LogP contribution in [0.3, 0.4) is 0 Å². The molecular formula is C13H12Cl2N4O3. The Morgan fingerprint density at radius 3 is 2.64 bits per heavy atom. The van der Waals surface area contributed by atoms with Crippen molar-refractivity contribution in [3.8, 4) is 5.69 Å². The van der Waals surface area contributed by atoms with Crippen LogP contribution >= 0.6 is 23.2 Å². The van der Waals surface area contributed by atoms with E-state index in [9.17, 15) is 14.9 Å². The van der Waals surface area contributed by atoms with Crippen LogP contribution in [0.2, 0.25) is 10.0 Å². The summed E-state index contributed by atoms with van der Waals surface area (Å²) in [5.74, 6) is 0.526. The number of aryl methyl sites for hydroxylation is 1. The number of nitrogens with zero attached hydrogens (tertiary/aromatic N) is 4. The highest BCUT2D eigenvalue weighted by molar-refractivity contribution is 6.37. The topological polar surface area (TPSA) is 83.0 Å². The second-order valence-electron chi connectivity index (χ2n) is 4.38. The molecule has 9 heteroatoms. The lowest BCUT2D eigenvalue weighted by molar-refractivity contribution is -0.384. The predicted octanol–water partition coefficient (Wildman–Crippen LogP) is 3.00. The average molecular weight is 343 g/mol. The molecule has 0 aliphatic rings. The standard InChI is InChI=1S/C13H12Cl2N4O3/c1-3-5-17-12(4-2)16-18(13(17)20)10-7-11(19(21)22)9(15)6-8(10)14/h3,6-7H,1,4-5H2,2H3. The number of halogens is 2. The normalized spacial score (nSPS) is 10.7. The van der Waals surface area contributed by atoms with Crippen LogP contribution in [0.4, 0.5) is 5.69 Å². The molecule has 0 radical (unpaired) electrons. The first-order chi connectivity index (χ1) is 10.4. The van der Waals surface area contributed by atoms with Crippen molar-refractivity contribution in [1.82, 2.24) is 14.3 Å². The fourth-order valence-corrected chi connectivity index (χ4v) is 2.53. The van der Waals surface area contributed by atoms with Gasteiger partial charge in [-0.15, -0.1) is 11.7 Å². The van der Waals surface area contributed by atoms with E-state index >= 15 is 0 Å². The highest BCUT2D eigenvalue weighted by Gasteiger charge is 2.21. The van der Waals surface area contributed by atoms with Crippen molar-refractivity contribution in [3.05, 3.63) is 61.3 Å². The van der Waals surface area contributed by atoms with Gasteiger partial charge in [0.05, 0.1) is 15.6 Å². The van der Waals surface area contributed by atoms with E-state index < -0.39 is 10.6 Å². The average Bonchev–Trinajstić information content (AvgIpc) is 2.76. The molecule has 2 rings (SSSR count). The molecule has 0 amide bonds. The summed E-state index contributed by atoms with van der Waals surface area (Å²) in [6, 6.07) is 2.36. The fourth-order valence-electron chi connectivity index (χ4n) is 2.00. The molecule has 22 heavy (non-hydrogen) atoms. The molecule has 0 aliphatic heterocycles. The number of benzene rings is 1. The monoisotopic (exact) mass is 342 g/mol. The summed E-state index contributed by atoms with van der Waals surface area (Å²) in [6.07, 6.45) is 2.09. The number of hydrogen-bond donors (Lipinski definition) is 0. The summed E-state index contributed by atoms with van der Waals surface area (Å²) < 4.78 is 2.46. The minimum absolute atomic E-state index is 0.101. The van der Waals surface area contributed by atoms with Crippen molar-refractivity contribution in [1.29, 1.82) is 0 Å². The highest BCUT2D eigenvalue weighted by atomic mass is 35.5. The zero-order valence-electron chi connectivity index (χ0n) is 11.6. The summed E-state index contributed by atoms with van der Waals surface area (Å²) in [4.78, 5) is 22.8. The van der Waals surface area contributed by atoms with Crippen molar-refractivity contribution in [2.75, 3.05) is 0 Å². The Bertz CT molecular complexity index is 810. The number of hydrogen-bond acceptors (Lipinski definition) is 4. The molecular weight excluding hydrogens is 331 g/mol. The number of rotatable bonds is 5. The van der Waals surface area contributed by atoms with Crippen LogP contribution in [0, 0.1) is 10.1 Å². The lowest BCUT2D eigenvalue weighted by Gasteiger charge is -2.04. The third-order valence-corrected chi connectivity index (χ3v) is 3.61. The summed E-state index contributed by atoms with van der Waals surface area (Å²) in [5, 5.41) is 15.2. The van der Waals surface area contributed by atoms with E-state index in [1.165, 1.54) is 10.6 Å². The Balaban J connectivity index is 2.72. The van der Waals surface area contributed by atoms with Crippen molar-refractivity contribution in [2.45, 2.75) is 19.9 Å². The Morgan fingerprint density at radius 2 is 2.09 bits per heavy atom. The molecule has 0 unspecified atom stereocenters. The van der Waals surface area contributed by atoms with Crippen LogP contribution in [0.15, 0.2) is 29.6 Å². The molecule has 0 fully saturated rings. The van der Waals surface area contributed by atoms with Gasteiger partial charge in [-0.05, 0) is 6.07 Å². The number of allylic oxidation sites excluding steroid dienone is 1. The maximum absolute atomic E-state index is 12.4. The third kappa shape index (κ3) is 2.77. The molecule has 7 nitrogen and oxygen atoms in total. The Morgan fingerprint density at radius 1 is 1.41 bits per heavy atom. The van der Waals surface area contributed by atoms with Crippen LogP contribution in [0.1, 0.15) is 12.7 Å². The third-order valence-electron chi connectivity index (χ3n) is 3.01. The molecule has 0 bridgehead atoms. The van der Waals surface area contributed by atoms with Gasteiger partial charge in [0.15, 0.2) is 0 Å². The van der Waals surface area contributed by atoms with Gasteiger partial charge in [0.2, 0.25) is 0 Å². The highest BCUT2D eigenvalue weighted by Crippen LogP contribution is 2.32. The molecule has 0 aliphatic carbocycles. The lowest BCUT2D eigenvalue weighted by Crippen LogP contribution is -2.24. The van der Waals surface area contributed by atoms with E-state index in [1.807, 2.05) is 6.92 Å². The smallest absolute Gasteiger partial charge is 0.275 e. The largest absolute Gasteiger partial charge is 0.351 e. The summed E-state index contributed by atoms with van der Waals surface area (Å²) in [6.45, 7) is 5.72. The molecule has 0 atom stereocenters. The number of nitro groups is 1. The van der Waals surface area contributed by atoms with Crippen LogP contribution in [0.25, 0.3) is 5.69 Å². The molecule has 1 aromatic heterocycles. The number of aromatic nitrogens is 3. The molecule has 1 aromatic carbocycles. The van der Waals surface area contributed by atoms with Gasteiger partial charge in [0.25, 0.3) is 5.69 Å². The molecule has 0 N–H and O–H groups in total. The van der Waals surface area contributed by atoms with E-state index in [-0.39, 0.29) is 28.0 Å². The van der Waals surface area contributed by atoms with Gasteiger partial charge in [-0.1, -0.05) is 36.2 Å². The molecule has 116 valence electrons. The van der Waals surface area contributed by atoms with Crippen molar-refractivity contribution in [3.63, 3.8) is 0 Å². The second-order valence-corrected chi connectivity index (χ2v) is 5.19. The van der Waals surface area contributed by atoms with Gasteiger partial charge in [-0.3, -0.25) is 14.7 Å². The maximum Gasteiger partial charge on any atom is 0.351 e. The summed E-state index contributed by atoms with van der Waals surface area (Å²) >= 11 is 11.8. The van der Waals surface area contributed by atoms with Gasteiger partial charge in [0.1, 0.15) is 10.8 Å². The first-order valence-corrected chi connectivity index (χ1v) is 7.09. The molecule has 2 aromatic rings. The van der Waals surface area contributed by atoms with Gasteiger partial charge >= 0.3 is 5.69 Å². The fraction of sp³-hybridized carbons (Fsp3) is 0.231. The SMILES string of the molecule is C=CCn1c(CC)nn(-c2cc([N+](=O)[O-])c(Cl)cc2Cl)c1=O. The van der Waals surface area contributed by atoms with Crippen molar-refractivity contribution in [2.24, 2.45) is 0 Å². The van der Waals surface area contributed by atoms with E-state index in [0.717, 1.165) is 10.7 Å². The Labute approximate surface area is 135 Å². The Kier molecular flexibility index (Phi) is 4.68. The van der Waals surface area contributed by atoms with E-state index in [0.29, 0.717) is 12.2 Å². The first kappa shape index (κ1) is 16.3. The Hall–Kier alpha value is -2.12. The van der Waals surface area contributed by atoms with Crippen LogP contribution in [0.5, 0.6) is 0 Å². The van der Waals surface area contributed by atoms with Gasteiger partial charge in [0, 0.05) is 19.0 Å². The second kappa shape index (κ2) is 6.33. The first-order valence-electron chi connectivity index (χ1n) is 6.34. The van der Waals surface area contributed by atoms with E-state index in [1.54, 1.807) is 6.08 Å². The van der Waals surface area contributed by atoms with Gasteiger partial charge < -0.3 is 0 Å². The van der Waals surface area contributed by atoms with Crippen molar-refractivity contribution >= 4 is 28.9 Å². The summed E-state index contributed by atoms with van der Waals surface area (Å²) in [5.41, 5.74) is -0.681. The van der Waals surface area contributed by atoms with Crippen molar-refractivity contribution < 1.29 is 4.92 Å². The van der Waals surface area contributed by atoms with Crippen LogP contribution in [-0.2, 0) is 13.0 Å². The van der Waals surface area contributed by atoms with Gasteiger partial charge in [-0.2, -0.15) is 4.68 Å². The minimum atomic E-state index is -0.644. The maximum atomic E-state index is 12.4. The molecule has 0 saturated heterocycles. The minimum Gasteiger partial charge on any atom is -0.275 e. The zero-order valence-corrected chi connectivity index (χ0v) is 13.1. The lowest BCUT2D eigenvalue weighted by atomic mass is 10.3. The zero-order chi connectivity index (χ0) is 16.4. The van der Waals surface area contributed by atoms with E-state index in [2.05, 4.69) is 11.7 Å². The van der Waals surface area contributed by atoms with Crippen LogP contribution in [-0.4, -0.2) is 19.3 Å². The van der Waals surface area contributed by atoms with E-state index in [4.69, 9.17) is 23.2 Å². The molecule has 0 saturated carbocycles. The molecule has 0 spiro atoms. The quantitative estimate of drug-likeness (QED) is 0.475. The van der Waals surface area contributed by atoms with Crippen LogP contribution < -0.4 is 5.69 Å². The van der Waals surface area contributed by atoms with Gasteiger partial charge in [-0.25, -0.2) is 4.79 Å². The summed E-state index contributed by atoms with van der Waals surface area (Å²) in [7, 11) is 0. The molecule has 1 heterocycles. The number of nitro benzene ring substituents is 1.